The van der Waals surface area contributed by atoms with E-state index in [2.05, 4.69) is 154 Å². The van der Waals surface area contributed by atoms with Gasteiger partial charge in [0.25, 0.3) is 0 Å². The molecule has 0 saturated carbocycles. The van der Waals surface area contributed by atoms with E-state index in [0.717, 1.165) is 116 Å². The molecule has 428 valence electrons. The van der Waals surface area contributed by atoms with Crippen LogP contribution in [0.4, 0.5) is 0 Å². The van der Waals surface area contributed by atoms with Crippen molar-refractivity contribution >= 4 is 23.9 Å². The predicted octanol–water partition coefficient (Wildman–Crippen LogP) is 14.6. The molecule has 6 atom stereocenters. The van der Waals surface area contributed by atoms with Crippen LogP contribution in [-0.2, 0) is 42.9 Å². The van der Waals surface area contributed by atoms with Crippen LogP contribution >= 0.6 is 0 Å². The van der Waals surface area contributed by atoms with Crippen molar-refractivity contribution in [3.63, 3.8) is 0 Å². The Morgan fingerprint density at radius 3 is 1.22 bits per heavy atom. The molecule has 3 N–H and O–H groups in total. The Labute approximate surface area is 463 Å². The van der Waals surface area contributed by atoms with E-state index >= 15 is 0 Å². The Balaban J connectivity index is 2.79. The number of allylic oxidation sites excluding steroid dienone is 25. The Morgan fingerprint density at radius 2 is 0.818 bits per heavy atom. The molecule has 12 heteroatoms. The summed E-state index contributed by atoms with van der Waals surface area (Å²) in [4.78, 5) is 51.0. The van der Waals surface area contributed by atoms with E-state index in [1.54, 1.807) is 12.2 Å². The van der Waals surface area contributed by atoms with Crippen LogP contribution in [-0.4, -0.2) is 89.2 Å². The number of rotatable bonds is 45. The summed E-state index contributed by atoms with van der Waals surface area (Å²) in [5.74, 6) is -3.40. The van der Waals surface area contributed by atoms with Crippen molar-refractivity contribution in [2.75, 3.05) is 13.2 Å². The zero-order chi connectivity index (χ0) is 56.1. The third kappa shape index (κ3) is 41.2. The van der Waals surface area contributed by atoms with Gasteiger partial charge in [-0.1, -0.05) is 192 Å². The number of aliphatic hydroxyl groups is 2. The van der Waals surface area contributed by atoms with E-state index in [1.165, 1.54) is 0 Å². The minimum Gasteiger partial charge on any atom is -0.479 e. The third-order valence-electron chi connectivity index (χ3n) is 11.6. The SMILES string of the molecule is CC/C=C\C/C=C\C/C=C\C/C=C\C/C=C\CCCCCC(=O)OCC(COC1OC(C(=O)O)C(O)C(O)C1OC(=O)C/C=C\C/C=C\C/C=C\C/C=C\C/C=C\CC)OC(=O)CCCCC/C=C\C/C=C\C/C=C\CC. The molecule has 0 radical (unpaired) electrons. The molecular formula is C65H96O12. The first-order chi connectivity index (χ1) is 37.6. The number of esters is 3. The minimum atomic E-state index is -1.95. The molecule has 1 saturated heterocycles. The number of aliphatic hydroxyl groups excluding tert-OH is 2. The maximum Gasteiger partial charge on any atom is 0.335 e. The Morgan fingerprint density at radius 1 is 0.442 bits per heavy atom. The van der Waals surface area contributed by atoms with Gasteiger partial charge >= 0.3 is 23.9 Å². The molecule has 0 aromatic rings. The molecule has 0 aromatic carbocycles. The lowest BCUT2D eigenvalue weighted by molar-refractivity contribution is -0.301. The van der Waals surface area contributed by atoms with Gasteiger partial charge in [0, 0.05) is 12.8 Å². The number of ether oxygens (including phenoxy) is 5. The molecule has 6 unspecified atom stereocenters. The quantitative estimate of drug-likeness (QED) is 0.0228. The molecule has 77 heavy (non-hydrogen) atoms. The smallest absolute Gasteiger partial charge is 0.335 e. The van der Waals surface area contributed by atoms with Crippen molar-refractivity contribution in [2.45, 2.75) is 212 Å². The van der Waals surface area contributed by atoms with Crippen molar-refractivity contribution in [1.29, 1.82) is 0 Å². The normalized spacial score (nSPS) is 19.2. The summed E-state index contributed by atoms with van der Waals surface area (Å²) in [5, 5.41) is 31.4. The van der Waals surface area contributed by atoms with Crippen molar-refractivity contribution in [3.8, 4) is 0 Å². The number of carboxylic acid groups (broad SMARTS) is 1. The summed E-state index contributed by atoms with van der Waals surface area (Å²) in [7, 11) is 0. The van der Waals surface area contributed by atoms with E-state index < -0.39 is 67.3 Å². The number of carboxylic acids is 1. The van der Waals surface area contributed by atoms with Gasteiger partial charge in [-0.05, 0) is 122 Å². The monoisotopic (exact) mass is 1070 g/mol. The second-order valence-corrected chi connectivity index (χ2v) is 18.4. The molecule has 0 aliphatic carbocycles. The van der Waals surface area contributed by atoms with Crippen LogP contribution in [0, 0.1) is 0 Å². The van der Waals surface area contributed by atoms with Gasteiger partial charge in [-0.2, -0.15) is 0 Å². The van der Waals surface area contributed by atoms with Crippen molar-refractivity contribution in [1.82, 2.24) is 0 Å². The molecule has 0 aromatic heterocycles. The highest BCUT2D eigenvalue weighted by Gasteiger charge is 2.50. The average Bonchev–Trinajstić information content (AvgIpc) is 3.42. The summed E-state index contributed by atoms with van der Waals surface area (Å²) < 4.78 is 28.2. The number of hydrogen-bond acceptors (Lipinski definition) is 11. The summed E-state index contributed by atoms with van der Waals surface area (Å²) >= 11 is 0. The maximum absolute atomic E-state index is 13.1. The van der Waals surface area contributed by atoms with Gasteiger partial charge in [0.15, 0.2) is 24.6 Å². The lowest BCUT2D eigenvalue weighted by atomic mass is 9.98. The Bertz CT molecular complexity index is 1940. The largest absolute Gasteiger partial charge is 0.479 e. The van der Waals surface area contributed by atoms with E-state index in [1.807, 2.05) is 12.2 Å². The van der Waals surface area contributed by atoms with Gasteiger partial charge in [-0.25, -0.2) is 4.79 Å². The Hall–Kier alpha value is -5.66. The Kier molecular flexibility index (Phi) is 46.0. The van der Waals surface area contributed by atoms with E-state index in [-0.39, 0.29) is 25.9 Å². The first kappa shape index (κ1) is 69.4. The van der Waals surface area contributed by atoms with Crippen LogP contribution in [0.1, 0.15) is 175 Å². The summed E-state index contributed by atoms with van der Waals surface area (Å²) in [5.41, 5.74) is 0. The molecule has 1 heterocycles. The van der Waals surface area contributed by atoms with Crippen molar-refractivity contribution in [2.24, 2.45) is 0 Å². The lowest BCUT2D eigenvalue weighted by Gasteiger charge is -2.40. The van der Waals surface area contributed by atoms with Crippen LogP contribution in [0.25, 0.3) is 0 Å². The van der Waals surface area contributed by atoms with Crippen LogP contribution in [0.3, 0.4) is 0 Å². The fraction of sp³-hybridized carbons (Fsp3) is 0.538. The molecule has 1 rings (SSSR count). The van der Waals surface area contributed by atoms with Gasteiger partial charge in [0.05, 0.1) is 13.0 Å². The van der Waals surface area contributed by atoms with Gasteiger partial charge in [0.1, 0.15) is 18.8 Å². The lowest BCUT2D eigenvalue weighted by Crippen LogP contribution is -2.61. The fourth-order valence-electron chi connectivity index (χ4n) is 7.36. The van der Waals surface area contributed by atoms with Gasteiger partial charge in [-0.3, -0.25) is 14.4 Å². The fourth-order valence-corrected chi connectivity index (χ4v) is 7.36. The van der Waals surface area contributed by atoms with E-state index in [9.17, 15) is 34.5 Å². The zero-order valence-corrected chi connectivity index (χ0v) is 46.9. The summed E-state index contributed by atoms with van der Waals surface area (Å²) in [6, 6.07) is 0. The molecule has 0 bridgehead atoms. The van der Waals surface area contributed by atoms with Crippen LogP contribution in [0.15, 0.2) is 158 Å². The molecule has 12 nitrogen and oxygen atoms in total. The first-order valence-electron chi connectivity index (χ1n) is 28.5. The predicted molar refractivity (Wildman–Crippen MR) is 312 cm³/mol. The highest BCUT2D eigenvalue weighted by molar-refractivity contribution is 5.74. The second-order valence-electron chi connectivity index (χ2n) is 18.4. The topological polar surface area (TPSA) is 175 Å². The number of carbonyl (C=O) groups is 4. The number of hydrogen-bond donors (Lipinski definition) is 3. The summed E-state index contributed by atoms with van der Waals surface area (Å²) in [6.07, 6.45) is 62.5. The molecule has 1 aliphatic heterocycles. The summed E-state index contributed by atoms with van der Waals surface area (Å²) in [6.45, 7) is 5.52. The average molecular weight is 1070 g/mol. The molecular weight excluding hydrogens is 973 g/mol. The minimum absolute atomic E-state index is 0.0992. The number of unbranched alkanes of at least 4 members (excludes halogenated alkanes) is 6. The molecule has 0 spiro atoms. The van der Waals surface area contributed by atoms with Crippen molar-refractivity contribution < 1.29 is 58.2 Å². The van der Waals surface area contributed by atoms with E-state index in [4.69, 9.17) is 23.7 Å². The van der Waals surface area contributed by atoms with Gasteiger partial charge < -0.3 is 39.0 Å². The second kappa shape index (κ2) is 51.1. The maximum atomic E-state index is 13.1. The molecule has 1 fully saturated rings. The number of carbonyl (C=O) groups excluding carboxylic acids is 3. The van der Waals surface area contributed by atoms with Crippen molar-refractivity contribution in [3.05, 3.63) is 158 Å². The van der Waals surface area contributed by atoms with Crippen LogP contribution < -0.4 is 0 Å². The highest BCUT2D eigenvalue weighted by atomic mass is 16.7. The standard InChI is InChI=1S/C65H96O12/c1-4-7-10-13-16-19-22-25-27-28-29-30-32-34-36-39-42-45-48-51-57(66)73-54-56(75-58(67)52-49-46-43-40-37-33-24-21-18-15-12-9-6-3)55-74-65-63(61(70)60(69)62(77-65)64(71)72)76-59(68)53-50-47-44-41-38-35-31-26-23-20-17-14-11-8-5-2/h7-12,16-21,25-27,29-31,33-34,36-38,41,47,50,56,60-63,65,69-70H,4-6,13-15,22-24,28,32,35,39-40,42-46,48-49,51-55H2,1-3H3,(H,71,72)/b10-7-,11-8-,12-9-,19-16-,20-17-,21-18-,27-25-,30-29-,31-26-,36-34-,37-33-,41-38-,50-47-. The molecule has 1 aliphatic rings. The number of aliphatic carboxylic acids is 1. The van der Waals surface area contributed by atoms with Gasteiger partial charge in [-0.15, -0.1) is 0 Å². The highest BCUT2D eigenvalue weighted by Crippen LogP contribution is 2.26. The molecule has 0 amide bonds. The zero-order valence-electron chi connectivity index (χ0n) is 46.9. The van der Waals surface area contributed by atoms with Crippen LogP contribution in [0.5, 0.6) is 0 Å². The third-order valence-corrected chi connectivity index (χ3v) is 11.6. The van der Waals surface area contributed by atoms with E-state index in [0.29, 0.717) is 19.3 Å². The van der Waals surface area contributed by atoms with Crippen LogP contribution in [0.2, 0.25) is 0 Å². The van der Waals surface area contributed by atoms with Gasteiger partial charge in [0.2, 0.25) is 0 Å². The first-order valence-corrected chi connectivity index (χ1v) is 28.5.